The van der Waals surface area contributed by atoms with Crippen molar-refractivity contribution in [3.05, 3.63) is 48.5 Å². The maximum Gasteiger partial charge on any atom is 0.414 e. The van der Waals surface area contributed by atoms with Crippen LogP contribution in [-0.2, 0) is 4.74 Å². The monoisotopic (exact) mass is 412 g/mol. The van der Waals surface area contributed by atoms with E-state index in [1.165, 1.54) is 0 Å². The molecule has 2 saturated heterocycles. The molecule has 1 N–H and O–H groups in total. The number of hydrogen-bond donors (Lipinski definition) is 1. The van der Waals surface area contributed by atoms with Crippen LogP contribution in [0.15, 0.2) is 48.5 Å². The van der Waals surface area contributed by atoms with Gasteiger partial charge in [0.05, 0.1) is 13.7 Å². The summed E-state index contributed by atoms with van der Waals surface area (Å²) in [5.74, 6) is 1.80. The molecule has 0 aliphatic carbocycles. The van der Waals surface area contributed by atoms with Gasteiger partial charge >= 0.3 is 6.09 Å². The van der Waals surface area contributed by atoms with Crippen molar-refractivity contribution in [3.8, 4) is 17.2 Å². The topological polar surface area (TPSA) is 71.5 Å². The molecule has 4 rings (SSSR count). The first-order chi connectivity index (χ1) is 14.6. The molecular formula is C23H28N2O5. The third kappa shape index (κ3) is 4.97. The van der Waals surface area contributed by atoms with Crippen molar-refractivity contribution in [2.75, 3.05) is 38.2 Å². The van der Waals surface area contributed by atoms with E-state index < -0.39 is 0 Å². The number of rotatable bonds is 7. The van der Waals surface area contributed by atoms with Crippen LogP contribution in [0.5, 0.6) is 17.2 Å². The standard InChI is InChI=1S/C23H28N2O5/c1-28-19-6-2-17(3-7-19)25-16-22(30-23(25)27)12-15-24-13-10-21(11-14-24)29-20-8-4-18(26)5-9-20/h2-9,21-22,26H,10-16H2,1H3. The zero-order chi connectivity index (χ0) is 20.9. The summed E-state index contributed by atoms with van der Waals surface area (Å²) in [6, 6.07) is 14.3. The number of aromatic hydroxyl groups is 1. The number of ether oxygens (including phenoxy) is 3. The number of methoxy groups -OCH3 is 1. The van der Waals surface area contributed by atoms with Crippen LogP contribution in [-0.4, -0.2) is 61.6 Å². The molecule has 2 aromatic rings. The predicted octanol–water partition coefficient (Wildman–Crippen LogP) is 3.66. The molecule has 0 radical (unpaired) electrons. The van der Waals surface area contributed by atoms with Crippen molar-refractivity contribution in [1.29, 1.82) is 0 Å². The molecule has 0 bridgehead atoms. The van der Waals surface area contributed by atoms with Crippen LogP contribution in [0.25, 0.3) is 0 Å². The molecule has 2 heterocycles. The third-order valence-corrected chi connectivity index (χ3v) is 5.70. The molecule has 2 aromatic carbocycles. The maximum atomic E-state index is 12.3. The molecule has 2 aliphatic heterocycles. The van der Waals surface area contributed by atoms with Gasteiger partial charge in [0.15, 0.2) is 0 Å². The highest BCUT2D eigenvalue weighted by atomic mass is 16.6. The van der Waals surface area contributed by atoms with E-state index in [0.717, 1.165) is 56.1 Å². The number of hydrogen-bond acceptors (Lipinski definition) is 6. The summed E-state index contributed by atoms with van der Waals surface area (Å²) < 4.78 is 16.7. The Hall–Kier alpha value is -2.93. The zero-order valence-corrected chi connectivity index (χ0v) is 17.2. The van der Waals surface area contributed by atoms with Crippen LogP contribution in [0.4, 0.5) is 10.5 Å². The Kier molecular flexibility index (Phi) is 6.28. The van der Waals surface area contributed by atoms with E-state index in [-0.39, 0.29) is 24.1 Å². The minimum atomic E-state index is -0.286. The summed E-state index contributed by atoms with van der Waals surface area (Å²) in [6.07, 6.45) is 2.56. The van der Waals surface area contributed by atoms with Gasteiger partial charge in [-0.25, -0.2) is 4.79 Å². The van der Waals surface area contributed by atoms with Gasteiger partial charge in [0.2, 0.25) is 0 Å². The van der Waals surface area contributed by atoms with Gasteiger partial charge in [-0.05, 0) is 67.8 Å². The van der Waals surface area contributed by atoms with Gasteiger partial charge in [0.25, 0.3) is 0 Å². The largest absolute Gasteiger partial charge is 0.508 e. The number of carbonyl (C=O) groups is 1. The highest BCUT2D eigenvalue weighted by Crippen LogP contribution is 2.26. The molecule has 0 saturated carbocycles. The molecule has 1 atom stereocenters. The number of anilines is 1. The summed E-state index contributed by atoms with van der Waals surface area (Å²) in [4.78, 5) is 16.3. The molecule has 0 spiro atoms. The van der Waals surface area contributed by atoms with E-state index in [1.54, 1.807) is 36.3 Å². The van der Waals surface area contributed by atoms with Crippen molar-refractivity contribution in [2.24, 2.45) is 0 Å². The van der Waals surface area contributed by atoms with E-state index in [1.807, 2.05) is 24.3 Å². The molecule has 7 heteroatoms. The number of amides is 1. The number of cyclic esters (lactones) is 1. The van der Waals surface area contributed by atoms with Crippen molar-refractivity contribution in [2.45, 2.75) is 31.5 Å². The third-order valence-electron chi connectivity index (χ3n) is 5.70. The summed E-state index contributed by atoms with van der Waals surface area (Å²) in [5.41, 5.74) is 0.829. The van der Waals surface area contributed by atoms with Crippen LogP contribution in [0, 0.1) is 0 Å². The molecule has 0 aromatic heterocycles. The van der Waals surface area contributed by atoms with Crippen LogP contribution in [0.2, 0.25) is 0 Å². The molecule has 2 fully saturated rings. The quantitative estimate of drug-likeness (QED) is 0.748. The minimum absolute atomic E-state index is 0.0921. The average molecular weight is 412 g/mol. The number of likely N-dealkylation sites (tertiary alicyclic amines) is 1. The lowest BCUT2D eigenvalue weighted by atomic mass is 10.1. The summed E-state index contributed by atoms with van der Waals surface area (Å²) in [5, 5.41) is 9.36. The van der Waals surface area contributed by atoms with Crippen LogP contribution >= 0.6 is 0 Å². The number of carbonyl (C=O) groups excluding carboxylic acids is 1. The first kappa shape index (κ1) is 20.3. The van der Waals surface area contributed by atoms with E-state index >= 15 is 0 Å². The second kappa shape index (κ2) is 9.26. The van der Waals surface area contributed by atoms with E-state index in [0.29, 0.717) is 6.54 Å². The lowest BCUT2D eigenvalue weighted by Crippen LogP contribution is -2.39. The van der Waals surface area contributed by atoms with Crippen molar-refractivity contribution in [3.63, 3.8) is 0 Å². The Morgan fingerprint density at radius 3 is 2.37 bits per heavy atom. The lowest BCUT2D eigenvalue weighted by molar-refractivity contribution is 0.0860. The average Bonchev–Trinajstić information content (AvgIpc) is 3.15. The van der Waals surface area contributed by atoms with Gasteiger partial charge in [-0.3, -0.25) is 4.90 Å². The highest BCUT2D eigenvalue weighted by Gasteiger charge is 2.32. The van der Waals surface area contributed by atoms with Crippen molar-refractivity contribution in [1.82, 2.24) is 4.90 Å². The zero-order valence-electron chi connectivity index (χ0n) is 17.2. The Labute approximate surface area is 176 Å². The van der Waals surface area contributed by atoms with E-state index in [2.05, 4.69) is 4.90 Å². The van der Waals surface area contributed by atoms with Gasteiger partial charge in [-0.1, -0.05) is 0 Å². The molecule has 30 heavy (non-hydrogen) atoms. The molecule has 1 unspecified atom stereocenters. The number of nitrogens with zero attached hydrogens (tertiary/aromatic N) is 2. The minimum Gasteiger partial charge on any atom is -0.508 e. The lowest BCUT2D eigenvalue weighted by Gasteiger charge is -2.32. The molecule has 7 nitrogen and oxygen atoms in total. The Balaban J connectivity index is 1.20. The second-order valence-electron chi connectivity index (χ2n) is 7.76. The predicted molar refractivity (Wildman–Crippen MR) is 113 cm³/mol. The Morgan fingerprint density at radius 1 is 1.03 bits per heavy atom. The molecule has 160 valence electrons. The van der Waals surface area contributed by atoms with Gasteiger partial charge < -0.3 is 24.2 Å². The molecular weight excluding hydrogens is 384 g/mol. The van der Waals surface area contributed by atoms with E-state index in [9.17, 15) is 9.90 Å². The molecule has 1 amide bonds. The normalized spacial score (nSPS) is 20.2. The SMILES string of the molecule is COc1ccc(N2CC(CCN3CCC(Oc4ccc(O)cc4)CC3)OC2=O)cc1. The first-order valence-electron chi connectivity index (χ1n) is 10.4. The van der Waals surface area contributed by atoms with E-state index in [4.69, 9.17) is 14.2 Å². The fourth-order valence-electron chi connectivity index (χ4n) is 3.94. The number of phenols is 1. The smallest absolute Gasteiger partial charge is 0.414 e. The van der Waals surface area contributed by atoms with Crippen molar-refractivity contribution < 1.29 is 24.1 Å². The fraction of sp³-hybridized carbons (Fsp3) is 0.435. The van der Waals surface area contributed by atoms with Gasteiger partial charge in [0, 0.05) is 25.3 Å². The number of phenolic OH excluding ortho intramolecular Hbond substituents is 1. The fourth-order valence-corrected chi connectivity index (χ4v) is 3.94. The maximum absolute atomic E-state index is 12.3. The van der Waals surface area contributed by atoms with Crippen LogP contribution in [0.1, 0.15) is 19.3 Å². The van der Waals surface area contributed by atoms with Crippen molar-refractivity contribution >= 4 is 11.8 Å². The second-order valence-corrected chi connectivity index (χ2v) is 7.76. The number of benzene rings is 2. The van der Waals surface area contributed by atoms with Crippen LogP contribution < -0.4 is 14.4 Å². The van der Waals surface area contributed by atoms with Crippen LogP contribution in [0.3, 0.4) is 0 Å². The van der Waals surface area contributed by atoms with Gasteiger partial charge in [0.1, 0.15) is 29.5 Å². The summed E-state index contributed by atoms with van der Waals surface area (Å²) >= 11 is 0. The van der Waals surface area contributed by atoms with Gasteiger partial charge in [-0.2, -0.15) is 0 Å². The van der Waals surface area contributed by atoms with Gasteiger partial charge in [-0.15, -0.1) is 0 Å². The Bertz CT molecular complexity index is 832. The Morgan fingerprint density at radius 2 is 1.70 bits per heavy atom. The molecule has 2 aliphatic rings. The first-order valence-corrected chi connectivity index (χ1v) is 10.4. The summed E-state index contributed by atoms with van der Waals surface area (Å²) in [6.45, 7) is 3.41. The summed E-state index contributed by atoms with van der Waals surface area (Å²) in [7, 11) is 1.62. The number of piperidine rings is 1. The highest BCUT2D eigenvalue weighted by molar-refractivity contribution is 5.89.